The van der Waals surface area contributed by atoms with Crippen LogP contribution in [0.3, 0.4) is 0 Å². The van der Waals surface area contributed by atoms with Crippen LogP contribution in [0.1, 0.15) is 99.8 Å². The lowest BCUT2D eigenvalue weighted by molar-refractivity contribution is -0.121. The van der Waals surface area contributed by atoms with Gasteiger partial charge in [0.05, 0.1) is 17.7 Å². The molecule has 2 fully saturated rings. The predicted octanol–water partition coefficient (Wildman–Crippen LogP) is 5.26. The minimum absolute atomic E-state index is 0.0365. The standard InChI is InChI=1S/C26H49N3O3S/c1-8-13-24(2,3)25(4,5)15-17-32-26(6,7)14-16-27-21(30)12-10-9-11-20-22-19(18-33-20)28-23(31)29-22/h19-20,22H,8-18H2,1-7H3,(H,27,30)(H2,28,29,31)/t19?,20-,22?/m0/s1. The number of carbonyl (C=O) groups excluding carboxylic acids is 2. The number of unbranched alkanes of at least 4 members (excludes halogenated alkanes) is 1. The van der Waals surface area contributed by atoms with Crippen molar-refractivity contribution in [3.05, 3.63) is 0 Å². The van der Waals surface area contributed by atoms with E-state index in [4.69, 9.17) is 4.74 Å². The number of urea groups is 1. The van der Waals surface area contributed by atoms with Crippen molar-refractivity contribution in [3.63, 3.8) is 0 Å². The maximum atomic E-state index is 12.2. The lowest BCUT2D eigenvalue weighted by atomic mass is 9.64. The largest absolute Gasteiger partial charge is 0.375 e. The highest BCUT2D eigenvalue weighted by Crippen LogP contribution is 2.44. The van der Waals surface area contributed by atoms with Gasteiger partial charge in [0.15, 0.2) is 0 Å². The summed E-state index contributed by atoms with van der Waals surface area (Å²) in [6, 6.07) is 0.489. The van der Waals surface area contributed by atoms with E-state index >= 15 is 0 Å². The van der Waals surface area contributed by atoms with E-state index in [0.29, 0.717) is 23.6 Å². The fourth-order valence-corrected chi connectivity index (χ4v) is 6.37. The number of nitrogens with one attached hydrogen (secondary N) is 3. The summed E-state index contributed by atoms with van der Waals surface area (Å²) in [5, 5.41) is 9.54. The van der Waals surface area contributed by atoms with Gasteiger partial charge in [-0.05, 0) is 56.8 Å². The third kappa shape index (κ3) is 8.65. The van der Waals surface area contributed by atoms with Crippen molar-refractivity contribution < 1.29 is 14.3 Å². The number of ether oxygens (including phenoxy) is 1. The molecule has 0 spiro atoms. The van der Waals surface area contributed by atoms with Gasteiger partial charge in [-0.2, -0.15) is 11.8 Å². The van der Waals surface area contributed by atoms with Crippen LogP contribution in [0.5, 0.6) is 0 Å². The molecule has 3 atom stereocenters. The van der Waals surface area contributed by atoms with E-state index in [1.54, 1.807) is 0 Å². The van der Waals surface area contributed by atoms with Crippen LogP contribution in [0.4, 0.5) is 4.79 Å². The number of rotatable bonds is 15. The number of hydrogen-bond acceptors (Lipinski definition) is 4. The molecule has 0 aromatic heterocycles. The Labute approximate surface area is 206 Å². The number of fused-ring (bicyclic) bond motifs is 1. The average Bonchev–Trinajstić information content (AvgIpc) is 3.24. The van der Waals surface area contributed by atoms with Crippen molar-refractivity contribution >= 4 is 23.7 Å². The second kappa shape index (κ2) is 12.1. The lowest BCUT2D eigenvalue weighted by Gasteiger charge is -2.42. The highest BCUT2D eigenvalue weighted by atomic mass is 32.2. The van der Waals surface area contributed by atoms with Gasteiger partial charge in [-0.3, -0.25) is 4.79 Å². The van der Waals surface area contributed by atoms with Crippen molar-refractivity contribution in [2.24, 2.45) is 10.8 Å². The van der Waals surface area contributed by atoms with Gasteiger partial charge in [0.2, 0.25) is 5.91 Å². The first kappa shape index (κ1) is 28.3. The van der Waals surface area contributed by atoms with Crippen LogP contribution in [-0.4, -0.2) is 53.8 Å². The Balaban J connectivity index is 1.56. The molecule has 2 aliphatic heterocycles. The Hall–Kier alpha value is -0.950. The monoisotopic (exact) mass is 483 g/mol. The minimum Gasteiger partial charge on any atom is -0.375 e. The Morgan fingerprint density at radius 1 is 1.06 bits per heavy atom. The molecule has 0 bridgehead atoms. The quantitative estimate of drug-likeness (QED) is 0.219. The van der Waals surface area contributed by atoms with E-state index < -0.39 is 0 Å². The maximum absolute atomic E-state index is 12.2. The zero-order valence-corrected chi connectivity index (χ0v) is 23.0. The van der Waals surface area contributed by atoms with E-state index in [9.17, 15) is 9.59 Å². The van der Waals surface area contributed by atoms with Crippen LogP contribution >= 0.6 is 11.8 Å². The summed E-state index contributed by atoms with van der Waals surface area (Å²) in [5.41, 5.74) is 0.280. The summed E-state index contributed by atoms with van der Waals surface area (Å²) in [7, 11) is 0. The van der Waals surface area contributed by atoms with Crippen molar-refractivity contribution in [1.29, 1.82) is 0 Å². The van der Waals surface area contributed by atoms with Gasteiger partial charge in [0, 0.05) is 30.6 Å². The second-order valence-electron chi connectivity index (χ2n) is 11.8. The Bertz CT molecular complexity index is 651. The molecule has 2 heterocycles. The van der Waals surface area contributed by atoms with Gasteiger partial charge < -0.3 is 20.7 Å². The molecule has 192 valence electrons. The van der Waals surface area contributed by atoms with Crippen LogP contribution in [0.25, 0.3) is 0 Å². The van der Waals surface area contributed by atoms with E-state index in [2.05, 4.69) is 64.4 Å². The lowest BCUT2D eigenvalue weighted by Crippen LogP contribution is -2.37. The summed E-state index contributed by atoms with van der Waals surface area (Å²) in [6.45, 7) is 17.3. The molecule has 7 heteroatoms. The molecule has 3 amide bonds. The third-order valence-electron chi connectivity index (χ3n) is 8.06. The van der Waals surface area contributed by atoms with Crippen molar-refractivity contribution in [3.8, 4) is 0 Å². The molecular formula is C26H49N3O3S. The smallest absolute Gasteiger partial charge is 0.315 e. The fraction of sp³-hybridized carbons (Fsp3) is 0.923. The molecule has 6 nitrogen and oxygen atoms in total. The van der Waals surface area contributed by atoms with Crippen LogP contribution in [-0.2, 0) is 9.53 Å². The molecule has 2 saturated heterocycles. The molecule has 0 saturated carbocycles. The molecule has 0 aromatic carbocycles. The SMILES string of the molecule is CCCC(C)(C)C(C)(C)CCOC(C)(C)CCNC(=O)CCCC[C@@H]1SCC2NC(=O)NC21. The average molecular weight is 484 g/mol. The zero-order valence-electron chi connectivity index (χ0n) is 22.1. The van der Waals surface area contributed by atoms with Crippen LogP contribution in [0.15, 0.2) is 0 Å². The van der Waals surface area contributed by atoms with Crippen LogP contribution in [0, 0.1) is 10.8 Å². The first-order chi connectivity index (χ1) is 15.4. The highest BCUT2D eigenvalue weighted by molar-refractivity contribution is 8.00. The Morgan fingerprint density at radius 3 is 2.45 bits per heavy atom. The Morgan fingerprint density at radius 2 is 1.76 bits per heavy atom. The van der Waals surface area contributed by atoms with Crippen molar-refractivity contribution in [2.45, 2.75) is 123 Å². The fourth-order valence-electron chi connectivity index (χ4n) is 4.82. The third-order valence-corrected chi connectivity index (χ3v) is 9.57. The summed E-state index contributed by atoms with van der Waals surface area (Å²) >= 11 is 1.93. The van der Waals surface area contributed by atoms with Crippen molar-refractivity contribution in [2.75, 3.05) is 18.9 Å². The van der Waals surface area contributed by atoms with Crippen LogP contribution < -0.4 is 16.0 Å². The number of thioether (sulfide) groups is 1. The summed E-state index contributed by atoms with van der Waals surface area (Å²) in [5.74, 6) is 1.11. The van der Waals surface area contributed by atoms with E-state index in [1.807, 2.05) is 11.8 Å². The number of amides is 3. The highest BCUT2D eigenvalue weighted by Gasteiger charge is 2.42. The summed E-state index contributed by atoms with van der Waals surface area (Å²) in [4.78, 5) is 23.7. The van der Waals surface area contributed by atoms with Crippen LogP contribution in [0.2, 0.25) is 0 Å². The van der Waals surface area contributed by atoms with Gasteiger partial charge in [0.1, 0.15) is 0 Å². The van der Waals surface area contributed by atoms with Gasteiger partial charge in [-0.25, -0.2) is 4.79 Å². The first-order valence-corrected chi connectivity index (χ1v) is 14.0. The van der Waals surface area contributed by atoms with E-state index in [1.165, 1.54) is 12.8 Å². The topological polar surface area (TPSA) is 79.5 Å². The van der Waals surface area contributed by atoms with E-state index in [-0.39, 0.29) is 35.0 Å². The zero-order chi connectivity index (χ0) is 24.7. The molecule has 2 aliphatic rings. The number of hydrogen-bond donors (Lipinski definition) is 3. The molecular weight excluding hydrogens is 434 g/mol. The number of carbonyl (C=O) groups is 2. The van der Waals surface area contributed by atoms with Gasteiger partial charge >= 0.3 is 6.03 Å². The van der Waals surface area contributed by atoms with Crippen molar-refractivity contribution in [1.82, 2.24) is 16.0 Å². The molecule has 0 radical (unpaired) electrons. The predicted molar refractivity (Wildman–Crippen MR) is 139 cm³/mol. The molecule has 3 N–H and O–H groups in total. The summed E-state index contributed by atoms with van der Waals surface area (Å²) < 4.78 is 6.23. The van der Waals surface area contributed by atoms with Gasteiger partial charge in [-0.15, -0.1) is 0 Å². The minimum atomic E-state index is -0.242. The first-order valence-electron chi connectivity index (χ1n) is 13.0. The van der Waals surface area contributed by atoms with Gasteiger partial charge in [-0.1, -0.05) is 47.5 Å². The molecule has 2 unspecified atom stereocenters. The maximum Gasteiger partial charge on any atom is 0.315 e. The van der Waals surface area contributed by atoms with Gasteiger partial charge in [0.25, 0.3) is 0 Å². The molecule has 0 aliphatic carbocycles. The molecule has 33 heavy (non-hydrogen) atoms. The molecule has 2 rings (SSSR count). The molecule has 0 aromatic rings. The Kier molecular flexibility index (Phi) is 10.4. The second-order valence-corrected chi connectivity index (χ2v) is 13.1. The summed E-state index contributed by atoms with van der Waals surface area (Å²) in [6.07, 6.45) is 7.81. The van der Waals surface area contributed by atoms with E-state index in [0.717, 1.165) is 44.5 Å². The normalized spacial score (nSPS) is 23.2.